The number of hydrogen-bond acceptors (Lipinski definition) is 4. The van der Waals surface area contributed by atoms with Gasteiger partial charge in [-0.3, -0.25) is 14.7 Å². The molecule has 0 spiro atoms. The second-order valence-corrected chi connectivity index (χ2v) is 6.44. The number of hydrogen-bond donors (Lipinski definition) is 3. The van der Waals surface area contributed by atoms with E-state index in [1.54, 1.807) is 0 Å². The van der Waals surface area contributed by atoms with Crippen LogP contribution in [0.4, 0.5) is 0 Å². The van der Waals surface area contributed by atoms with Gasteiger partial charge in [0.1, 0.15) is 0 Å². The molecule has 0 atom stereocenters. The Bertz CT molecular complexity index is 390. The summed E-state index contributed by atoms with van der Waals surface area (Å²) in [5.41, 5.74) is 5.24. The zero-order valence-electron chi connectivity index (χ0n) is 14.2. The number of guanidine groups is 1. The molecule has 1 amide bonds. The molecule has 1 saturated heterocycles. The van der Waals surface area contributed by atoms with Crippen LogP contribution in [0.25, 0.3) is 0 Å². The SMILES string of the molecule is CCNC(=NCCOCC1CC1)NC1CCN(CC(N)=O)CC1. The van der Waals surface area contributed by atoms with E-state index in [1.807, 2.05) is 0 Å². The first-order valence-electron chi connectivity index (χ1n) is 8.80. The maximum absolute atomic E-state index is 11.0. The Morgan fingerprint density at radius 3 is 2.65 bits per heavy atom. The van der Waals surface area contributed by atoms with Crippen molar-refractivity contribution in [1.29, 1.82) is 0 Å². The van der Waals surface area contributed by atoms with Crippen LogP contribution >= 0.6 is 0 Å². The third-order valence-electron chi connectivity index (χ3n) is 4.21. The highest BCUT2D eigenvalue weighted by atomic mass is 16.5. The predicted molar refractivity (Wildman–Crippen MR) is 91.3 cm³/mol. The molecule has 4 N–H and O–H groups in total. The van der Waals surface area contributed by atoms with E-state index < -0.39 is 0 Å². The monoisotopic (exact) mass is 325 g/mol. The van der Waals surface area contributed by atoms with Gasteiger partial charge in [-0.05, 0) is 38.5 Å². The highest BCUT2D eigenvalue weighted by Gasteiger charge is 2.21. The molecule has 0 radical (unpaired) electrons. The number of piperidine rings is 1. The number of likely N-dealkylation sites (tertiary alicyclic amines) is 1. The average Bonchev–Trinajstić information content (AvgIpc) is 3.33. The lowest BCUT2D eigenvalue weighted by Crippen LogP contribution is -2.49. The molecule has 2 aliphatic rings. The van der Waals surface area contributed by atoms with Gasteiger partial charge >= 0.3 is 0 Å². The molecule has 0 bridgehead atoms. The molecule has 0 unspecified atom stereocenters. The molecule has 23 heavy (non-hydrogen) atoms. The summed E-state index contributed by atoms with van der Waals surface area (Å²) in [4.78, 5) is 17.6. The van der Waals surface area contributed by atoms with Crippen molar-refractivity contribution >= 4 is 11.9 Å². The number of carbonyl (C=O) groups is 1. The second-order valence-electron chi connectivity index (χ2n) is 6.44. The molecule has 1 heterocycles. The topological polar surface area (TPSA) is 92.0 Å². The van der Waals surface area contributed by atoms with Crippen LogP contribution in [-0.4, -0.2) is 68.7 Å². The van der Waals surface area contributed by atoms with Crippen molar-refractivity contribution in [3.8, 4) is 0 Å². The summed E-state index contributed by atoms with van der Waals surface area (Å²) >= 11 is 0. The van der Waals surface area contributed by atoms with Crippen molar-refractivity contribution in [2.75, 3.05) is 45.9 Å². The number of aliphatic imine (C=N–C) groups is 1. The Balaban J connectivity index is 1.65. The quantitative estimate of drug-likeness (QED) is 0.313. The fraction of sp³-hybridized carbons (Fsp3) is 0.875. The van der Waals surface area contributed by atoms with Gasteiger partial charge in [0.05, 0.1) is 19.7 Å². The summed E-state index contributed by atoms with van der Waals surface area (Å²) in [5.74, 6) is 1.41. The van der Waals surface area contributed by atoms with E-state index >= 15 is 0 Å². The van der Waals surface area contributed by atoms with Crippen molar-refractivity contribution in [1.82, 2.24) is 15.5 Å². The lowest BCUT2D eigenvalue weighted by molar-refractivity contribution is -0.119. The minimum absolute atomic E-state index is 0.252. The minimum Gasteiger partial charge on any atom is -0.379 e. The highest BCUT2D eigenvalue weighted by molar-refractivity contribution is 5.80. The third kappa shape index (κ3) is 7.65. The normalized spacial score (nSPS) is 20.5. The number of nitrogens with two attached hydrogens (primary N) is 1. The van der Waals surface area contributed by atoms with Crippen LogP contribution < -0.4 is 16.4 Å². The van der Waals surface area contributed by atoms with E-state index in [2.05, 4.69) is 27.4 Å². The number of rotatable bonds is 9. The maximum Gasteiger partial charge on any atom is 0.231 e. The number of nitrogens with zero attached hydrogens (tertiary/aromatic N) is 2. The summed E-state index contributed by atoms with van der Waals surface area (Å²) in [6.45, 7) is 7.31. The molecule has 1 saturated carbocycles. The molecular formula is C16H31N5O2. The second kappa shape index (κ2) is 9.72. The Morgan fingerprint density at radius 2 is 2.04 bits per heavy atom. The molecule has 2 fully saturated rings. The standard InChI is InChI=1S/C16H31N5O2/c1-2-18-16(19-7-10-23-12-13-3-4-13)20-14-5-8-21(9-6-14)11-15(17)22/h13-14H,2-12H2,1H3,(H2,17,22)(H2,18,19,20). The van der Waals surface area contributed by atoms with Crippen LogP contribution in [0.2, 0.25) is 0 Å². The largest absolute Gasteiger partial charge is 0.379 e. The first-order valence-corrected chi connectivity index (χ1v) is 8.80. The molecule has 2 rings (SSSR count). The fourth-order valence-electron chi connectivity index (χ4n) is 2.73. The minimum atomic E-state index is -0.252. The smallest absolute Gasteiger partial charge is 0.231 e. The van der Waals surface area contributed by atoms with Gasteiger partial charge in [-0.15, -0.1) is 0 Å². The Kier molecular flexibility index (Phi) is 7.61. The predicted octanol–water partition coefficient (Wildman–Crippen LogP) is -0.0822. The average molecular weight is 325 g/mol. The third-order valence-corrected chi connectivity index (χ3v) is 4.21. The van der Waals surface area contributed by atoms with Gasteiger partial charge in [0, 0.05) is 32.3 Å². The van der Waals surface area contributed by atoms with Crippen LogP contribution in [0.3, 0.4) is 0 Å². The van der Waals surface area contributed by atoms with Gasteiger partial charge in [-0.1, -0.05) is 0 Å². The zero-order chi connectivity index (χ0) is 16.5. The molecule has 0 aromatic carbocycles. The van der Waals surface area contributed by atoms with Gasteiger partial charge in [-0.2, -0.15) is 0 Å². The lowest BCUT2D eigenvalue weighted by atomic mass is 10.1. The van der Waals surface area contributed by atoms with E-state index in [0.717, 1.165) is 51.0 Å². The molecule has 1 aliphatic carbocycles. The van der Waals surface area contributed by atoms with E-state index in [0.29, 0.717) is 25.7 Å². The number of primary amides is 1. The van der Waals surface area contributed by atoms with Crippen LogP contribution in [0.15, 0.2) is 4.99 Å². The van der Waals surface area contributed by atoms with Crippen molar-refractivity contribution < 1.29 is 9.53 Å². The molecule has 7 nitrogen and oxygen atoms in total. The number of ether oxygens (including phenoxy) is 1. The van der Waals surface area contributed by atoms with Crippen molar-refractivity contribution in [2.24, 2.45) is 16.6 Å². The van der Waals surface area contributed by atoms with Gasteiger partial charge in [0.2, 0.25) is 5.91 Å². The molecule has 0 aromatic heterocycles. The maximum atomic E-state index is 11.0. The molecule has 1 aliphatic heterocycles. The van der Waals surface area contributed by atoms with Gasteiger partial charge in [0.25, 0.3) is 0 Å². The van der Waals surface area contributed by atoms with Gasteiger partial charge in [0.15, 0.2) is 5.96 Å². The van der Waals surface area contributed by atoms with Gasteiger partial charge < -0.3 is 21.1 Å². The zero-order valence-corrected chi connectivity index (χ0v) is 14.2. The first kappa shape index (κ1) is 18.0. The Hall–Kier alpha value is -1.34. The summed E-state index contributed by atoms with van der Waals surface area (Å²) < 4.78 is 5.61. The fourth-order valence-corrected chi connectivity index (χ4v) is 2.73. The molecular weight excluding hydrogens is 294 g/mol. The number of carbonyl (C=O) groups excluding carboxylic acids is 1. The van der Waals surface area contributed by atoms with Crippen LogP contribution in [-0.2, 0) is 9.53 Å². The molecule has 132 valence electrons. The highest BCUT2D eigenvalue weighted by Crippen LogP contribution is 2.28. The number of nitrogens with one attached hydrogen (secondary N) is 2. The van der Waals surface area contributed by atoms with E-state index in [-0.39, 0.29) is 5.91 Å². The summed E-state index contributed by atoms with van der Waals surface area (Å²) in [5, 5.41) is 6.76. The summed E-state index contributed by atoms with van der Waals surface area (Å²) in [6.07, 6.45) is 4.63. The summed E-state index contributed by atoms with van der Waals surface area (Å²) in [6, 6.07) is 0.393. The van der Waals surface area contributed by atoms with Crippen molar-refractivity contribution in [2.45, 2.75) is 38.6 Å². The van der Waals surface area contributed by atoms with E-state index in [4.69, 9.17) is 10.5 Å². The van der Waals surface area contributed by atoms with Crippen molar-refractivity contribution in [3.63, 3.8) is 0 Å². The Labute approximate surface area is 139 Å². The van der Waals surface area contributed by atoms with Gasteiger partial charge in [-0.25, -0.2) is 0 Å². The molecule has 7 heteroatoms. The van der Waals surface area contributed by atoms with E-state index in [1.165, 1.54) is 12.8 Å². The van der Waals surface area contributed by atoms with E-state index in [9.17, 15) is 4.79 Å². The number of amides is 1. The van der Waals surface area contributed by atoms with Crippen LogP contribution in [0.5, 0.6) is 0 Å². The van der Waals surface area contributed by atoms with Crippen LogP contribution in [0, 0.1) is 5.92 Å². The van der Waals surface area contributed by atoms with Crippen LogP contribution in [0.1, 0.15) is 32.6 Å². The lowest BCUT2D eigenvalue weighted by Gasteiger charge is -2.32. The first-order chi connectivity index (χ1) is 11.2. The molecule has 0 aromatic rings. The summed E-state index contributed by atoms with van der Waals surface area (Å²) in [7, 11) is 0. The Morgan fingerprint density at radius 1 is 1.30 bits per heavy atom. The van der Waals surface area contributed by atoms with Crippen molar-refractivity contribution in [3.05, 3.63) is 0 Å².